The van der Waals surface area contributed by atoms with Crippen LogP contribution in [0.2, 0.25) is 0 Å². The summed E-state index contributed by atoms with van der Waals surface area (Å²) in [4.78, 5) is 31.0. The van der Waals surface area contributed by atoms with Gasteiger partial charge >= 0.3 is 5.97 Å². The van der Waals surface area contributed by atoms with Crippen molar-refractivity contribution in [3.63, 3.8) is 0 Å². The normalized spacial score (nSPS) is 12.3. The van der Waals surface area contributed by atoms with Crippen LogP contribution in [0, 0.1) is 0 Å². The van der Waals surface area contributed by atoms with Crippen molar-refractivity contribution in [1.29, 1.82) is 0 Å². The Morgan fingerprint density at radius 2 is 2.39 bits per heavy atom. The number of rotatable bonds is 3. The molecule has 9 heteroatoms. The number of imidazole rings is 1. The third kappa shape index (κ3) is 2.49. The summed E-state index contributed by atoms with van der Waals surface area (Å²) in [6.07, 6.45) is 1.47. The Morgan fingerprint density at radius 1 is 1.57 bits per heavy atom. The fraction of sp³-hybridized carbons (Fsp3) is 0.214. The first kappa shape index (κ1) is 14.6. The van der Waals surface area contributed by atoms with Gasteiger partial charge in [0.2, 0.25) is 0 Å². The monoisotopic (exact) mass is 312 g/mol. The Labute approximate surface area is 130 Å². The maximum Gasteiger partial charge on any atom is 0.358 e. The van der Waals surface area contributed by atoms with E-state index in [1.54, 1.807) is 23.6 Å². The summed E-state index contributed by atoms with van der Waals surface area (Å²) in [5.41, 5.74) is 10.4. The highest BCUT2D eigenvalue weighted by Crippen LogP contribution is 2.26. The van der Waals surface area contributed by atoms with Crippen LogP contribution < -0.4 is 5.32 Å². The molecule has 2 heterocycles. The number of hydrogen-bond donors (Lipinski definition) is 1. The van der Waals surface area contributed by atoms with Crippen LogP contribution in [0.3, 0.4) is 0 Å². The summed E-state index contributed by atoms with van der Waals surface area (Å²) in [5.74, 6) is -0.863. The Kier molecular flexibility index (Phi) is 3.70. The van der Waals surface area contributed by atoms with Crippen LogP contribution in [0.4, 0.5) is 5.69 Å². The molecule has 1 aliphatic heterocycles. The van der Waals surface area contributed by atoms with Gasteiger partial charge in [-0.3, -0.25) is 9.36 Å². The maximum atomic E-state index is 12.2. The van der Waals surface area contributed by atoms with Gasteiger partial charge in [0, 0.05) is 10.6 Å². The van der Waals surface area contributed by atoms with Gasteiger partial charge in [0.25, 0.3) is 5.91 Å². The lowest BCUT2D eigenvalue weighted by atomic mass is 10.1. The van der Waals surface area contributed by atoms with Crippen molar-refractivity contribution in [2.24, 2.45) is 5.11 Å². The van der Waals surface area contributed by atoms with Crippen molar-refractivity contribution < 1.29 is 14.3 Å². The molecule has 2 aromatic rings. The number of azide groups is 1. The standard InChI is InChI=1S/C14H12N6O3/c1-2-23-14(22)12-11-6-16-13(21)9-5-8(18-19-15)3-4-10(9)20(11)7-17-12/h3-5,7H,2,6H2,1H3,(H,16,21). The molecule has 0 fully saturated rings. The number of hydrogen-bond acceptors (Lipinski definition) is 5. The van der Waals surface area contributed by atoms with Crippen LogP contribution in [-0.4, -0.2) is 28.0 Å². The number of aromatic nitrogens is 2. The van der Waals surface area contributed by atoms with E-state index in [0.29, 0.717) is 22.6 Å². The van der Waals surface area contributed by atoms with Crippen molar-refractivity contribution >= 4 is 17.6 Å². The van der Waals surface area contributed by atoms with Gasteiger partial charge in [-0.05, 0) is 24.6 Å². The molecule has 1 aromatic heterocycles. The summed E-state index contributed by atoms with van der Waals surface area (Å²) >= 11 is 0. The summed E-state index contributed by atoms with van der Waals surface area (Å²) in [7, 11) is 0. The van der Waals surface area contributed by atoms with Gasteiger partial charge in [-0.2, -0.15) is 0 Å². The molecule has 1 amide bonds. The smallest absolute Gasteiger partial charge is 0.358 e. The molecular formula is C14H12N6O3. The van der Waals surface area contributed by atoms with Gasteiger partial charge in [-0.15, -0.1) is 0 Å². The number of esters is 1. The zero-order valence-corrected chi connectivity index (χ0v) is 12.2. The van der Waals surface area contributed by atoms with Crippen molar-refractivity contribution in [2.75, 3.05) is 6.61 Å². The number of ether oxygens (including phenoxy) is 1. The molecule has 116 valence electrons. The highest BCUT2D eigenvalue weighted by Gasteiger charge is 2.26. The van der Waals surface area contributed by atoms with Gasteiger partial charge in [-0.25, -0.2) is 9.78 Å². The molecule has 0 unspecified atom stereocenters. The molecule has 1 aromatic carbocycles. The van der Waals surface area contributed by atoms with Crippen LogP contribution in [-0.2, 0) is 11.3 Å². The summed E-state index contributed by atoms with van der Waals surface area (Å²) in [6, 6.07) is 4.72. The zero-order chi connectivity index (χ0) is 16.4. The number of amides is 1. The van der Waals surface area contributed by atoms with Crippen LogP contribution >= 0.6 is 0 Å². The van der Waals surface area contributed by atoms with E-state index >= 15 is 0 Å². The number of fused-ring (bicyclic) bond motifs is 3. The van der Waals surface area contributed by atoms with E-state index in [1.807, 2.05) is 0 Å². The van der Waals surface area contributed by atoms with Crippen LogP contribution in [0.1, 0.15) is 33.5 Å². The highest BCUT2D eigenvalue weighted by atomic mass is 16.5. The number of nitrogens with one attached hydrogen (secondary N) is 1. The zero-order valence-electron chi connectivity index (χ0n) is 12.2. The Morgan fingerprint density at radius 3 is 3.13 bits per heavy atom. The third-order valence-corrected chi connectivity index (χ3v) is 3.40. The molecule has 0 aliphatic carbocycles. The first-order valence-corrected chi connectivity index (χ1v) is 6.86. The molecule has 9 nitrogen and oxygen atoms in total. The van der Waals surface area contributed by atoms with Gasteiger partial charge in [0.05, 0.1) is 30.1 Å². The summed E-state index contributed by atoms with van der Waals surface area (Å²) in [6.45, 7) is 2.09. The van der Waals surface area contributed by atoms with Crippen molar-refractivity contribution in [2.45, 2.75) is 13.5 Å². The van der Waals surface area contributed by atoms with Crippen LogP contribution in [0.15, 0.2) is 29.6 Å². The minimum Gasteiger partial charge on any atom is -0.461 e. The van der Waals surface area contributed by atoms with Gasteiger partial charge in [0.15, 0.2) is 5.69 Å². The van der Waals surface area contributed by atoms with E-state index in [4.69, 9.17) is 10.3 Å². The van der Waals surface area contributed by atoms with Crippen LogP contribution in [0.25, 0.3) is 16.1 Å². The minimum atomic E-state index is -0.537. The number of carbonyl (C=O) groups is 2. The molecular weight excluding hydrogens is 300 g/mol. The lowest BCUT2D eigenvalue weighted by molar-refractivity contribution is 0.0518. The van der Waals surface area contributed by atoms with Crippen molar-refractivity contribution in [3.8, 4) is 5.69 Å². The summed E-state index contributed by atoms with van der Waals surface area (Å²) in [5, 5.41) is 6.20. The summed E-state index contributed by atoms with van der Waals surface area (Å²) < 4.78 is 6.63. The molecule has 0 bridgehead atoms. The highest BCUT2D eigenvalue weighted by molar-refractivity contribution is 5.99. The molecule has 0 saturated carbocycles. The number of carbonyl (C=O) groups excluding carboxylic acids is 2. The van der Waals surface area contributed by atoms with E-state index in [2.05, 4.69) is 20.3 Å². The SMILES string of the molecule is CCOC(=O)c1ncn2c1CNC(=O)c1cc(N=[N+]=[N-])ccc1-2. The van der Waals surface area contributed by atoms with Crippen LogP contribution in [0.5, 0.6) is 0 Å². The molecule has 1 N–H and O–H groups in total. The maximum absolute atomic E-state index is 12.2. The molecule has 0 radical (unpaired) electrons. The first-order chi connectivity index (χ1) is 11.2. The predicted octanol–water partition coefficient (Wildman–Crippen LogP) is 2.23. The largest absolute Gasteiger partial charge is 0.461 e. The second-order valence-corrected chi connectivity index (χ2v) is 4.70. The van der Waals surface area contributed by atoms with E-state index in [1.165, 1.54) is 12.4 Å². The molecule has 0 saturated heterocycles. The molecule has 3 rings (SSSR count). The van der Waals surface area contributed by atoms with Gasteiger partial charge in [0.1, 0.15) is 6.33 Å². The van der Waals surface area contributed by atoms with E-state index in [-0.39, 0.29) is 24.8 Å². The Balaban J connectivity index is 2.14. The third-order valence-electron chi connectivity index (χ3n) is 3.40. The average Bonchev–Trinajstić information content (AvgIpc) is 2.91. The average molecular weight is 312 g/mol. The van der Waals surface area contributed by atoms with Crippen molar-refractivity contribution in [3.05, 3.63) is 51.9 Å². The van der Waals surface area contributed by atoms with Gasteiger partial charge in [-0.1, -0.05) is 11.2 Å². The molecule has 1 aliphatic rings. The molecule has 0 atom stereocenters. The minimum absolute atomic E-state index is 0.137. The second kappa shape index (κ2) is 5.82. The number of nitrogens with zero attached hydrogens (tertiary/aromatic N) is 5. The molecule has 0 spiro atoms. The number of benzene rings is 1. The predicted molar refractivity (Wildman–Crippen MR) is 79.5 cm³/mol. The quantitative estimate of drug-likeness (QED) is 0.404. The second-order valence-electron chi connectivity index (χ2n) is 4.70. The topological polar surface area (TPSA) is 122 Å². The van der Waals surface area contributed by atoms with E-state index in [0.717, 1.165) is 0 Å². The fourth-order valence-corrected chi connectivity index (χ4v) is 2.41. The fourth-order valence-electron chi connectivity index (χ4n) is 2.41. The first-order valence-electron chi connectivity index (χ1n) is 6.86. The van der Waals surface area contributed by atoms with E-state index < -0.39 is 5.97 Å². The van der Waals surface area contributed by atoms with E-state index in [9.17, 15) is 9.59 Å². The Hall–Kier alpha value is -3.32. The Bertz CT molecular complexity index is 850. The lowest BCUT2D eigenvalue weighted by Crippen LogP contribution is -2.22. The lowest BCUT2D eigenvalue weighted by Gasteiger charge is -2.08. The van der Waals surface area contributed by atoms with Gasteiger partial charge < -0.3 is 10.1 Å². The molecule has 23 heavy (non-hydrogen) atoms. The van der Waals surface area contributed by atoms with Crippen molar-refractivity contribution in [1.82, 2.24) is 14.9 Å².